The largest absolute Gasteiger partial charge is 0.486 e. The monoisotopic (exact) mass is 684 g/mol. The van der Waals surface area contributed by atoms with Crippen molar-refractivity contribution in [1.29, 1.82) is 0 Å². The highest BCUT2D eigenvalue weighted by Crippen LogP contribution is 2.39. The number of nitrogens with one attached hydrogen (secondary N) is 3. The second-order valence-corrected chi connectivity index (χ2v) is 14.6. The number of ketones is 1. The van der Waals surface area contributed by atoms with Crippen LogP contribution in [0.2, 0.25) is 0 Å². The molecule has 250 valence electrons. The summed E-state index contributed by atoms with van der Waals surface area (Å²) >= 11 is 0. The van der Waals surface area contributed by atoms with Crippen LogP contribution in [0.4, 0.5) is 0 Å². The minimum atomic E-state index is -4.11. The number of nitrogens with zero attached hydrogens (tertiary/aromatic N) is 1. The maximum Gasteiger partial charge on any atom is 0.289 e. The molecular weight excluding hydrogens is 649 g/mol. The lowest BCUT2D eigenvalue weighted by molar-refractivity contribution is -0.140. The van der Waals surface area contributed by atoms with Gasteiger partial charge in [0.2, 0.25) is 31.7 Å². The number of amides is 2. The SMILES string of the molecule is CCN1C(C(=O)N[C@@H](Cc2ccccc2)C(=O)C(=O)NCCCNS(=O)(=O)c2ccccc2)Cc2cc3c(cc2S1(=O)=O)OCCO3. The van der Waals surface area contributed by atoms with E-state index in [1.807, 2.05) is 0 Å². The zero-order valence-electron chi connectivity index (χ0n) is 25.7. The van der Waals surface area contributed by atoms with Gasteiger partial charge in [0.15, 0.2) is 11.5 Å². The van der Waals surface area contributed by atoms with Gasteiger partial charge in [-0.2, -0.15) is 4.31 Å². The Morgan fingerprint density at radius 2 is 1.57 bits per heavy atom. The number of hydrogen-bond donors (Lipinski definition) is 3. The predicted molar refractivity (Wildman–Crippen MR) is 171 cm³/mol. The van der Waals surface area contributed by atoms with E-state index in [1.54, 1.807) is 61.5 Å². The molecule has 5 rings (SSSR count). The first-order valence-electron chi connectivity index (χ1n) is 15.2. The zero-order chi connectivity index (χ0) is 33.6. The van der Waals surface area contributed by atoms with Crippen LogP contribution in [-0.4, -0.2) is 83.7 Å². The van der Waals surface area contributed by atoms with Crippen LogP contribution in [-0.2, 0) is 47.3 Å². The molecule has 1 unspecified atom stereocenters. The quantitative estimate of drug-likeness (QED) is 0.176. The predicted octanol–water partition coefficient (Wildman–Crippen LogP) is 1.17. The van der Waals surface area contributed by atoms with Crippen LogP contribution in [0, 0.1) is 0 Å². The van der Waals surface area contributed by atoms with E-state index in [0.717, 1.165) is 4.31 Å². The third-order valence-corrected chi connectivity index (χ3v) is 11.4. The molecule has 3 aromatic rings. The van der Waals surface area contributed by atoms with E-state index in [4.69, 9.17) is 9.47 Å². The van der Waals surface area contributed by atoms with Crippen molar-refractivity contribution in [3.05, 3.63) is 83.9 Å². The fourth-order valence-corrected chi connectivity index (χ4v) is 8.40. The van der Waals surface area contributed by atoms with Crippen molar-refractivity contribution < 1.29 is 40.7 Å². The van der Waals surface area contributed by atoms with Gasteiger partial charge in [-0.1, -0.05) is 55.5 Å². The van der Waals surface area contributed by atoms with Crippen LogP contribution in [0.1, 0.15) is 24.5 Å². The third kappa shape index (κ3) is 7.81. The summed E-state index contributed by atoms with van der Waals surface area (Å²) in [4.78, 5) is 40.3. The number of likely N-dealkylation sites (N-methyl/N-ethyl adjacent to an activating group) is 1. The highest BCUT2D eigenvalue weighted by atomic mass is 32.2. The molecule has 2 aliphatic rings. The second kappa shape index (κ2) is 14.6. The van der Waals surface area contributed by atoms with Crippen LogP contribution >= 0.6 is 0 Å². The maximum absolute atomic E-state index is 13.8. The van der Waals surface area contributed by atoms with Crippen LogP contribution < -0.4 is 24.8 Å². The number of carbonyl (C=O) groups excluding carboxylic acids is 3. The molecular formula is C32H36N4O9S2. The average Bonchev–Trinajstić information content (AvgIpc) is 3.07. The second-order valence-electron chi connectivity index (χ2n) is 11.0. The number of carbonyl (C=O) groups is 3. The van der Waals surface area contributed by atoms with Gasteiger partial charge < -0.3 is 20.1 Å². The Hall–Kier alpha value is -4.31. The van der Waals surface area contributed by atoms with E-state index in [-0.39, 0.29) is 55.3 Å². The first kappa shape index (κ1) is 34.0. The van der Waals surface area contributed by atoms with Gasteiger partial charge in [0.05, 0.1) is 9.79 Å². The summed E-state index contributed by atoms with van der Waals surface area (Å²) in [6, 6.07) is 17.1. The number of hydrogen-bond acceptors (Lipinski definition) is 9. The molecule has 2 atom stereocenters. The fourth-order valence-electron chi connectivity index (χ4n) is 5.48. The summed E-state index contributed by atoms with van der Waals surface area (Å²) in [6.45, 7) is 2.19. The topological polar surface area (TPSA) is 177 Å². The maximum atomic E-state index is 13.8. The summed E-state index contributed by atoms with van der Waals surface area (Å²) in [5.74, 6) is -1.92. The van der Waals surface area contributed by atoms with Crippen molar-refractivity contribution >= 4 is 37.6 Å². The molecule has 0 aromatic heterocycles. The molecule has 3 N–H and O–H groups in total. The van der Waals surface area contributed by atoms with E-state index in [0.29, 0.717) is 29.2 Å². The molecule has 13 nitrogen and oxygen atoms in total. The van der Waals surface area contributed by atoms with E-state index in [9.17, 15) is 31.2 Å². The summed E-state index contributed by atoms with van der Waals surface area (Å²) in [5, 5.41) is 5.14. The zero-order valence-corrected chi connectivity index (χ0v) is 27.3. The van der Waals surface area contributed by atoms with E-state index in [1.165, 1.54) is 18.2 Å². The first-order valence-corrected chi connectivity index (χ1v) is 18.1. The molecule has 2 heterocycles. The summed E-state index contributed by atoms with van der Waals surface area (Å²) in [6.07, 6.45) is 0.197. The van der Waals surface area contributed by atoms with Gasteiger partial charge in [0, 0.05) is 32.1 Å². The van der Waals surface area contributed by atoms with Gasteiger partial charge in [-0.15, -0.1) is 0 Å². The van der Waals surface area contributed by atoms with Gasteiger partial charge in [-0.05, 0) is 42.2 Å². The molecule has 0 spiro atoms. The number of fused-ring (bicyclic) bond motifs is 2. The number of Topliss-reactive ketones (excluding diaryl/α,β-unsaturated/α-hetero) is 1. The van der Waals surface area contributed by atoms with Gasteiger partial charge in [-0.3, -0.25) is 14.4 Å². The van der Waals surface area contributed by atoms with Gasteiger partial charge in [-0.25, -0.2) is 21.6 Å². The molecule has 0 fully saturated rings. The molecule has 0 saturated heterocycles. The Balaban J connectivity index is 1.27. The van der Waals surface area contributed by atoms with Crippen molar-refractivity contribution in [3.63, 3.8) is 0 Å². The molecule has 0 aliphatic carbocycles. The Morgan fingerprint density at radius 1 is 0.936 bits per heavy atom. The third-order valence-electron chi connectivity index (χ3n) is 7.81. The summed E-state index contributed by atoms with van der Waals surface area (Å²) in [5.41, 5.74) is 1.05. The fraction of sp³-hybridized carbons (Fsp3) is 0.344. The summed E-state index contributed by atoms with van der Waals surface area (Å²) < 4.78 is 66.8. The number of benzene rings is 3. The van der Waals surface area contributed by atoms with Crippen LogP contribution in [0.5, 0.6) is 11.5 Å². The van der Waals surface area contributed by atoms with Crippen molar-refractivity contribution in [3.8, 4) is 11.5 Å². The number of rotatable bonds is 13. The molecule has 47 heavy (non-hydrogen) atoms. The van der Waals surface area contributed by atoms with E-state index < -0.39 is 49.7 Å². The van der Waals surface area contributed by atoms with Gasteiger partial charge in [0.25, 0.3) is 5.91 Å². The highest BCUT2D eigenvalue weighted by Gasteiger charge is 2.43. The standard InChI is InChI=1S/C32H36N4O9S2/c1-2-36-26(19-23-20-27-28(45-17-16-44-27)21-29(23)47(36,42)43)31(38)35-25(18-22-10-5-3-6-11-22)30(37)32(39)33-14-9-15-34-46(40,41)24-12-7-4-8-13-24/h3-8,10-13,20-21,25-26,34H,2,9,14-19H2,1H3,(H,33,39)(H,35,38)/t25-,26?/m0/s1. The Kier molecular flexibility index (Phi) is 10.6. The lowest BCUT2D eigenvalue weighted by Crippen LogP contribution is -2.57. The van der Waals surface area contributed by atoms with Gasteiger partial charge in [0.1, 0.15) is 25.3 Å². The molecule has 0 radical (unpaired) electrons. The molecule has 0 bridgehead atoms. The number of ether oxygens (including phenoxy) is 2. The molecule has 15 heteroatoms. The molecule has 3 aromatic carbocycles. The van der Waals surface area contributed by atoms with Crippen molar-refractivity contribution in [2.24, 2.45) is 0 Å². The van der Waals surface area contributed by atoms with E-state index >= 15 is 0 Å². The van der Waals surface area contributed by atoms with Crippen LogP contribution in [0.3, 0.4) is 0 Å². The first-order chi connectivity index (χ1) is 22.5. The molecule has 0 saturated carbocycles. The Bertz CT molecular complexity index is 1840. The molecule has 2 aliphatic heterocycles. The molecule has 2 amide bonds. The van der Waals surface area contributed by atoms with Crippen LogP contribution in [0.25, 0.3) is 0 Å². The minimum absolute atomic E-state index is 0.00867. The van der Waals surface area contributed by atoms with Crippen molar-refractivity contribution in [2.75, 3.05) is 32.8 Å². The number of sulfonamides is 2. The Labute approximate surface area is 273 Å². The highest BCUT2D eigenvalue weighted by molar-refractivity contribution is 7.89. The average molecular weight is 685 g/mol. The Morgan fingerprint density at radius 3 is 2.23 bits per heavy atom. The van der Waals surface area contributed by atoms with E-state index in [2.05, 4.69) is 15.4 Å². The van der Waals surface area contributed by atoms with Gasteiger partial charge >= 0.3 is 0 Å². The van der Waals surface area contributed by atoms with Crippen molar-refractivity contribution in [2.45, 2.75) is 48.1 Å². The normalized spacial score (nSPS) is 17.6. The van der Waals surface area contributed by atoms with Crippen LogP contribution in [0.15, 0.2) is 82.6 Å². The minimum Gasteiger partial charge on any atom is -0.486 e. The summed E-state index contributed by atoms with van der Waals surface area (Å²) in [7, 11) is -7.84. The smallest absolute Gasteiger partial charge is 0.289 e. The lowest BCUT2D eigenvalue weighted by atomic mass is 9.99. The van der Waals surface area contributed by atoms with Crippen molar-refractivity contribution in [1.82, 2.24) is 19.7 Å². The lowest BCUT2D eigenvalue weighted by Gasteiger charge is -2.35.